The maximum atomic E-state index is 12.0. The largest absolute Gasteiger partial charge is 0.480 e. The van der Waals surface area contributed by atoms with E-state index in [1.807, 2.05) is 25.3 Å². The molecule has 112 valence electrons. The number of hydrogen-bond donors (Lipinski definition) is 2. The second-order valence-corrected chi connectivity index (χ2v) is 7.06. The van der Waals surface area contributed by atoms with Gasteiger partial charge >= 0.3 is 12.0 Å². The summed E-state index contributed by atoms with van der Waals surface area (Å²) in [5.41, 5.74) is 1.01. The molecule has 0 unspecified atom stereocenters. The minimum Gasteiger partial charge on any atom is -0.480 e. The molecule has 0 fully saturated rings. The Labute approximate surface area is 131 Å². The van der Waals surface area contributed by atoms with Crippen LogP contribution in [0.4, 0.5) is 4.79 Å². The molecule has 0 aliphatic rings. The molecule has 0 spiro atoms. The van der Waals surface area contributed by atoms with Crippen LogP contribution >= 0.6 is 27.3 Å². The van der Waals surface area contributed by atoms with E-state index >= 15 is 0 Å². The van der Waals surface area contributed by atoms with E-state index in [-0.39, 0.29) is 11.9 Å². The van der Waals surface area contributed by atoms with Crippen molar-refractivity contribution in [3.05, 3.63) is 20.8 Å². The maximum absolute atomic E-state index is 12.0. The van der Waals surface area contributed by atoms with Crippen LogP contribution in [0.15, 0.2) is 15.2 Å². The molecule has 0 aromatic carbocycles. The predicted octanol–water partition coefficient (Wildman–Crippen LogP) is 3.15. The first kappa shape index (κ1) is 17.0. The molecule has 2 N–H and O–H groups in total. The zero-order chi connectivity index (χ0) is 15.3. The monoisotopic (exact) mass is 362 g/mol. The van der Waals surface area contributed by atoms with Crippen molar-refractivity contribution in [2.24, 2.45) is 5.92 Å². The average molecular weight is 363 g/mol. The molecule has 0 aliphatic carbocycles. The molecule has 1 aromatic rings. The van der Waals surface area contributed by atoms with Gasteiger partial charge in [-0.25, -0.2) is 9.59 Å². The summed E-state index contributed by atoms with van der Waals surface area (Å²) in [6.07, 6.45) is 0.693. The van der Waals surface area contributed by atoms with Crippen molar-refractivity contribution in [1.29, 1.82) is 0 Å². The molecule has 1 rings (SSSR count). The van der Waals surface area contributed by atoms with Crippen LogP contribution in [0.2, 0.25) is 0 Å². The van der Waals surface area contributed by atoms with Crippen LogP contribution in [0.25, 0.3) is 0 Å². The van der Waals surface area contributed by atoms with Gasteiger partial charge in [-0.15, -0.1) is 11.3 Å². The molecule has 0 bridgehead atoms. The lowest BCUT2D eigenvalue weighted by Gasteiger charge is -2.24. The highest BCUT2D eigenvalue weighted by molar-refractivity contribution is 9.11. The molecule has 1 heterocycles. The Morgan fingerprint density at radius 1 is 1.55 bits per heavy atom. The number of nitrogens with zero attached hydrogens (tertiary/aromatic N) is 1. The SMILES string of the molecule is CC[C@H](C)[C@H](NC(=O)N(C)Cc1csc(Br)c1)C(=O)O. The van der Waals surface area contributed by atoms with Crippen LogP contribution in [0.3, 0.4) is 0 Å². The second-order valence-electron chi connectivity index (χ2n) is 4.77. The molecule has 1 aromatic heterocycles. The minimum atomic E-state index is -1.00. The molecule has 0 saturated carbocycles. The zero-order valence-corrected chi connectivity index (χ0v) is 14.1. The summed E-state index contributed by atoms with van der Waals surface area (Å²) in [6, 6.07) is 0.710. The smallest absolute Gasteiger partial charge is 0.326 e. The van der Waals surface area contributed by atoms with E-state index in [9.17, 15) is 9.59 Å². The summed E-state index contributed by atoms with van der Waals surface area (Å²) >= 11 is 4.92. The standard InChI is InChI=1S/C13H19BrN2O3S/c1-4-8(2)11(12(17)18)15-13(19)16(3)6-9-5-10(14)20-7-9/h5,7-8,11H,4,6H2,1-3H3,(H,15,19)(H,17,18)/t8-,11-/m0/s1. The van der Waals surface area contributed by atoms with Crippen LogP contribution in [-0.2, 0) is 11.3 Å². The van der Waals surface area contributed by atoms with Gasteiger partial charge in [0.1, 0.15) is 6.04 Å². The molecule has 5 nitrogen and oxygen atoms in total. The maximum Gasteiger partial charge on any atom is 0.326 e. The predicted molar refractivity (Wildman–Crippen MR) is 82.9 cm³/mol. The Kier molecular flexibility index (Phi) is 6.48. The van der Waals surface area contributed by atoms with Gasteiger partial charge in [-0.2, -0.15) is 0 Å². The van der Waals surface area contributed by atoms with Gasteiger partial charge < -0.3 is 15.3 Å². The number of carboxylic acids is 1. The first-order chi connectivity index (χ1) is 9.35. The van der Waals surface area contributed by atoms with Crippen molar-refractivity contribution in [2.45, 2.75) is 32.9 Å². The lowest BCUT2D eigenvalue weighted by molar-refractivity contribution is -0.140. The lowest BCUT2D eigenvalue weighted by atomic mass is 9.99. The van der Waals surface area contributed by atoms with E-state index in [4.69, 9.17) is 5.11 Å². The summed E-state index contributed by atoms with van der Waals surface area (Å²) < 4.78 is 1.00. The van der Waals surface area contributed by atoms with Gasteiger partial charge in [0.15, 0.2) is 0 Å². The van der Waals surface area contributed by atoms with Crippen LogP contribution in [0.5, 0.6) is 0 Å². The third-order valence-electron chi connectivity index (χ3n) is 3.15. The Hall–Kier alpha value is -1.08. The molecule has 0 aliphatic heterocycles. The Morgan fingerprint density at radius 2 is 2.20 bits per heavy atom. The number of urea groups is 1. The van der Waals surface area contributed by atoms with Gasteiger partial charge in [0.2, 0.25) is 0 Å². The zero-order valence-electron chi connectivity index (χ0n) is 11.7. The number of carbonyl (C=O) groups excluding carboxylic acids is 1. The normalized spacial score (nSPS) is 13.6. The summed E-state index contributed by atoms with van der Waals surface area (Å²) in [5.74, 6) is -1.11. The van der Waals surface area contributed by atoms with Gasteiger partial charge in [0.25, 0.3) is 0 Å². The fourth-order valence-corrected chi connectivity index (χ4v) is 2.90. The number of nitrogens with one attached hydrogen (secondary N) is 1. The molecular formula is C13H19BrN2O3S. The van der Waals surface area contributed by atoms with Crippen molar-refractivity contribution < 1.29 is 14.7 Å². The van der Waals surface area contributed by atoms with Crippen LogP contribution in [0.1, 0.15) is 25.8 Å². The molecule has 0 saturated heterocycles. The number of hydrogen-bond acceptors (Lipinski definition) is 3. The van der Waals surface area contributed by atoms with Crippen molar-refractivity contribution in [3.8, 4) is 0 Å². The quantitative estimate of drug-likeness (QED) is 0.816. The fourth-order valence-electron chi connectivity index (χ4n) is 1.70. The summed E-state index contributed by atoms with van der Waals surface area (Å²) in [5, 5.41) is 13.7. The van der Waals surface area contributed by atoms with Crippen molar-refractivity contribution >= 4 is 39.3 Å². The highest BCUT2D eigenvalue weighted by Crippen LogP contribution is 2.21. The van der Waals surface area contributed by atoms with E-state index in [2.05, 4.69) is 21.2 Å². The molecule has 20 heavy (non-hydrogen) atoms. The number of aliphatic carboxylic acids is 1. The van der Waals surface area contributed by atoms with E-state index in [0.29, 0.717) is 13.0 Å². The molecule has 0 radical (unpaired) electrons. The van der Waals surface area contributed by atoms with Gasteiger partial charge in [0, 0.05) is 13.6 Å². The number of thiophene rings is 1. The fraction of sp³-hybridized carbons (Fsp3) is 0.538. The van der Waals surface area contributed by atoms with E-state index in [0.717, 1.165) is 9.35 Å². The highest BCUT2D eigenvalue weighted by Gasteiger charge is 2.26. The van der Waals surface area contributed by atoms with Crippen molar-refractivity contribution in [1.82, 2.24) is 10.2 Å². The van der Waals surface area contributed by atoms with Gasteiger partial charge in [-0.05, 0) is 38.9 Å². The van der Waals surface area contributed by atoms with Gasteiger partial charge in [-0.3, -0.25) is 0 Å². The molecule has 7 heteroatoms. The van der Waals surface area contributed by atoms with Crippen LogP contribution < -0.4 is 5.32 Å². The number of amides is 2. The third-order valence-corrected chi connectivity index (χ3v) is 4.70. The van der Waals surface area contributed by atoms with Crippen LogP contribution in [0, 0.1) is 5.92 Å². The molecule has 2 atom stereocenters. The number of carboxylic acid groups (broad SMARTS) is 1. The first-order valence-corrected chi connectivity index (χ1v) is 7.99. The Morgan fingerprint density at radius 3 is 2.65 bits per heavy atom. The summed E-state index contributed by atoms with van der Waals surface area (Å²) in [4.78, 5) is 24.7. The van der Waals surface area contributed by atoms with Crippen LogP contribution in [-0.4, -0.2) is 35.1 Å². The minimum absolute atomic E-state index is 0.111. The number of carbonyl (C=O) groups is 2. The van der Waals surface area contributed by atoms with E-state index in [1.54, 1.807) is 18.4 Å². The number of halogens is 1. The van der Waals surface area contributed by atoms with E-state index < -0.39 is 12.0 Å². The van der Waals surface area contributed by atoms with E-state index in [1.165, 1.54) is 4.90 Å². The molecular weight excluding hydrogens is 344 g/mol. The Balaban J connectivity index is 2.61. The summed E-state index contributed by atoms with van der Waals surface area (Å²) in [7, 11) is 1.65. The van der Waals surface area contributed by atoms with Gasteiger partial charge in [-0.1, -0.05) is 20.3 Å². The highest BCUT2D eigenvalue weighted by atomic mass is 79.9. The van der Waals surface area contributed by atoms with Crippen molar-refractivity contribution in [2.75, 3.05) is 7.05 Å². The topological polar surface area (TPSA) is 69.6 Å². The number of rotatable bonds is 6. The lowest BCUT2D eigenvalue weighted by Crippen LogP contribution is -2.49. The van der Waals surface area contributed by atoms with Gasteiger partial charge in [0.05, 0.1) is 3.79 Å². The average Bonchev–Trinajstić information content (AvgIpc) is 2.79. The Bertz CT molecular complexity index is 478. The summed E-state index contributed by atoms with van der Waals surface area (Å²) in [6.45, 7) is 4.16. The first-order valence-electron chi connectivity index (χ1n) is 6.32. The third kappa shape index (κ3) is 4.79. The second kappa shape index (κ2) is 7.64. The molecule has 2 amide bonds. The van der Waals surface area contributed by atoms with Crippen molar-refractivity contribution in [3.63, 3.8) is 0 Å².